The fraction of sp³-hybridized carbons (Fsp3) is 0.667. The minimum Gasteiger partial charge on any atom is -0.489 e. The van der Waals surface area contributed by atoms with Crippen molar-refractivity contribution in [3.05, 3.63) is 29.3 Å². The summed E-state index contributed by atoms with van der Waals surface area (Å²) in [5.74, 6) is 1.07. The van der Waals surface area contributed by atoms with Gasteiger partial charge in [-0.05, 0) is 50.4 Å². The SMILES string of the molecule is CCNC1CC(Oc2cc(C)ccc2C)C1(CC)CC. The van der Waals surface area contributed by atoms with Crippen molar-refractivity contribution in [1.29, 1.82) is 0 Å². The molecule has 0 saturated heterocycles. The molecule has 0 aliphatic heterocycles. The van der Waals surface area contributed by atoms with E-state index in [-0.39, 0.29) is 0 Å². The number of rotatable bonds is 6. The third-order valence-corrected chi connectivity index (χ3v) is 5.16. The molecule has 2 atom stereocenters. The Morgan fingerprint density at radius 2 is 1.90 bits per heavy atom. The predicted octanol–water partition coefficient (Wildman–Crippen LogP) is 4.24. The van der Waals surface area contributed by atoms with Crippen LogP contribution in [0.3, 0.4) is 0 Å². The van der Waals surface area contributed by atoms with Crippen molar-refractivity contribution in [3.63, 3.8) is 0 Å². The number of aryl methyl sites for hydroxylation is 2. The standard InChI is InChI=1S/C18H29NO/c1-6-18(7-2)16(19-8-3)12-17(18)20-15-11-13(4)9-10-14(15)5/h9-11,16-17,19H,6-8,12H2,1-5H3. The van der Waals surface area contributed by atoms with Crippen molar-refractivity contribution < 1.29 is 4.74 Å². The van der Waals surface area contributed by atoms with Gasteiger partial charge in [0.25, 0.3) is 0 Å². The van der Waals surface area contributed by atoms with E-state index in [1.807, 2.05) is 0 Å². The third kappa shape index (κ3) is 2.58. The second-order valence-electron chi connectivity index (χ2n) is 6.16. The highest BCUT2D eigenvalue weighted by atomic mass is 16.5. The molecule has 112 valence electrons. The highest BCUT2D eigenvalue weighted by molar-refractivity contribution is 5.36. The Morgan fingerprint density at radius 1 is 1.20 bits per heavy atom. The van der Waals surface area contributed by atoms with Crippen molar-refractivity contribution >= 4 is 0 Å². The molecule has 20 heavy (non-hydrogen) atoms. The zero-order valence-corrected chi connectivity index (χ0v) is 13.6. The molecular formula is C18H29NO. The molecule has 0 radical (unpaired) electrons. The molecule has 1 aromatic carbocycles. The molecule has 2 rings (SSSR count). The first-order valence-electron chi connectivity index (χ1n) is 8.04. The van der Waals surface area contributed by atoms with Gasteiger partial charge in [-0.3, -0.25) is 0 Å². The van der Waals surface area contributed by atoms with Crippen molar-refractivity contribution in [2.45, 2.75) is 66.0 Å². The Bertz CT molecular complexity index is 451. The first-order chi connectivity index (χ1) is 9.57. The van der Waals surface area contributed by atoms with Gasteiger partial charge in [-0.1, -0.05) is 32.9 Å². The molecule has 1 saturated carbocycles. The fourth-order valence-electron chi connectivity index (χ4n) is 3.63. The lowest BCUT2D eigenvalue weighted by Crippen LogP contribution is -2.64. The molecule has 2 unspecified atom stereocenters. The zero-order valence-electron chi connectivity index (χ0n) is 13.6. The number of nitrogens with one attached hydrogen (secondary N) is 1. The van der Waals surface area contributed by atoms with Gasteiger partial charge in [0.1, 0.15) is 11.9 Å². The van der Waals surface area contributed by atoms with Crippen LogP contribution in [0.4, 0.5) is 0 Å². The van der Waals surface area contributed by atoms with Crippen LogP contribution >= 0.6 is 0 Å². The summed E-state index contributed by atoms with van der Waals surface area (Å²) >= 11 is 0. The Hall–Kier alpha value is -1.02. The lowest BCUT2D eigenvalue weighted by atomic mass is 9.58. The molecule has 0 heterocycles. The third-order valence-electron chi connectivity index (χ3n) is 5.16. The van der Waals surface area contributed by atoms with Crippen LogP contribution in [0, 0.1) is 19.3 Å². The summed E-state index contributed by atoms with van der Waals surface area (Å²) in [7, 11) is 0. The van der Waals surface area contributed by atoms with E-state index in [9.17, 15) is 0 Å². The molecule has 0 bridgehead atoms. The Labute approximate surface area is 123 Å². The van der Waals surface area contributed by atoms with Gasteiger partial charge in [-0.2, -0.15) is 0 Å². The highest BCUT2D eigenvalue weighted by Gasteiger charge is 2.53. The van der Waals surface area contributed by atoms with E-state index >= 15 is 0 Å². The van der Waals surface area contributed by atoms with E-state index in [0.717, 1.165) is 18.7 Å². The zero-order chi connectivity index (χ0) is 14.8. The first kappa shape index (κ1) is 15.4. The van der Waals surface area contributed by atoms with Crippen LogP contribution in [-0.2, 0) is 0 Å². The summed E-state index contributed by atoms with van der Waals surface area (Å²) in [6.07, 6.45) is 3.83. The molecule has 0 amide bonds. The highest BCUT2D eigenvalue weighted by Crippen LogP contribution is 2.49. The number of benzene rings is 1. The second kappa shape index (κ2) is 6.17. The molecule has 1 N–H and O–H groups in total. The van der Waals surface area contributed by atoms with E-state index in [1.165, 1.54) is 24.0 Å². The van der Waals surface area contributed by atoms with Gasteiger partial charge in [0, 0.05) is 17.9 Å². The Kier molecular flexibility index (Phi) is 4.74. The molecule has 1 aromatic rings. The number of ether oxygens (including phenoxy) is 1. The van der Waals surface area contributed by atoms with E-state index in [0.29, 0.717) is 17.6 Å². The van der Waals surface area contributed by atoms with E-state index in [1.54, 1.807) is 0 Å². The minimum absolute atomic E-state index is 0.298. The maximum atomic E-state index is 6.40. The van der Waals surface area contributed by atoms with Crippen LogP contribution in [-0.4, -0.2) is 18.7 Å². The van der Waals surface area contributed by atoms with Crippen molar-refractivity contribution in [1.82, 2.24) is 5.32 Å². The topological polar surface area (TPSA) is 21.3 Å². The smallest absolute Gasteiger partial charge is 0.122 e. The fourth-order valence-corrected chi connectivity index (χ4v) is 3.63. The number of hydrogen-bond donors (Lipinski definition) is 1. The van der Waals surface area contributed by atoms with Crippen molar-refractivity contribution in [2.24, 2.45) is 5.41 Å². The molecular weight excluding hydrogens is 246 g/mol. The van der Waals surface area contributed by atoms with Crippen LogP contribution < -0.4 is 10.1 Å². The molecule has 0 aromatic heterocycles. The molecule has 0 spiro atoms. The molecule has 2 heteroatoms. The molecule has 1 aliphatic rings. The lowest BCUT2D eigenvalue weighted by Gasteiger charge is -2.55. The summed E-state index contributed by atoms with van der Waals surface area (Å²) in [6.45, 7) is 12.1. The van der Waals surface area contributed by atoms with Crippen LogP contribution in [0.5, 0.6) is 5.75 Å². The van der Waals surface area contributed by atoms with Gasteiger partial charge in [-0.25, -0.2) is 0 Å². The maximum absolute atomic E-state index is 6.40. The average molecular weight is 275 g/mol. The monoisotopic (exact) mass is 275 g/mol. The van der Waals surface area contributed by atoms with Gasteiger partial charge in [0.2, 0.25) is 0 Å². The molecule has 1 aliphatic carbocycles. The van der Waals surface area contributed by atoms with E-state index in [4.69, 9.17) is 4.74 Å². The average Bonchev–Trinajstić information content (AvgIpc) is 2.43. The Balaban J connectivity index is 2.15. The van der Waals surface area contributed by atoms with Gasteiger partial charge in [0.15, 0.2) is 0 Å². The van der Waals surface area contributed by atoms with Gasteiger partial charge in [0.05, 0.1) is 0 Å². The maximum Gasteiger partial charge on any atom is 0.122 e. The lowest BCUT2D eigenvalue weighted by molar-refractivity contribution is -0.0857. The quantitative estimate of drug-likeness (QED) is 0.838. The molecule has 1 fully saturated rings. The Morgan fingerprint density at radius 3 is 2.50 bits per heavy atom. The van der Waals surface area contributed by atoms with Crippen molar-refractivity contribution in [3.8, 4) is 5.75 Å². The van der Waals surface area contributed by atoms with E-state index in [2.05, 4.69) is 58.1 Å². The summed E-state index contributed by atoms with van der Waals surface area (Å²) < 4.78 is 6.40. The second-order valence-corrected chi connectivity index (χ2v) is 6.16. The molecule has 2 nitrogen and oxygen atoms in total. The predicted molar refractivity (Wildman–Crippen MR) is 85.4 cm³/mol. The van der Waals surface area contributed by atoms with Crippen LogP contribution in [0.2, 0.25) is 0 Å². The minimum atomic E-state index is 0.298. The summed E-state index contributed by atoms with van der Waals surface area (Å²) in [5.41, 5.74) is 2.81. The van der Waals surface area contributed by atoms with Gasteiger partial charge < -0.3 is 10.1 Å². The summed E-state index contributed by atoms with van der Waals surface area (Å²) in [6, 6.07) is 7.09. The van der Waals surface area contributed by atoms with Gasteiger partial charge in [-0.15, -0.1) is 0 Å². The van der Waals surface area contributed by atoms with Crippen LogP contribution in [0.1, 0.15) is 51.2 Å². The number of hydrogen-bond acceptors (Lipinski definition) is 2. The van der Waals surface area contributed by atoms with Crippen molar-refractivity contribution in [2.75, 3.05) is 6.54 Å². The van der Waals surface area contributed by atoms with Gasteiger partial charge >= 0.3 is 0 Å². The largest absolute Gasteiger partial charge is 0.489 e. The first-order valence-corrected chi connectivity index (χ1v) is 8.04. The van der Waals surface area contributed by atoms with E-state index < -0.39 is 0 Å². The summed E-state index contributed by atoms with van der Waals surface area (Å²) in [5, 5.41) is 3.64. The summed E-state index contributed by atoms with van der Waals surface area (Å²) in [4.78, 5) is 0. The normalized spacial score (nSPS) is 24.2. The van der Waals surface area contributed by atoms with Crippen LogP contribution in [0.15, 0.2) is 18.2 Å². The van der Waals surface area contributed by atoms with Crippen LogP contribution in [0.25, 0.3) is 0 Å².